The SMILES string of the molecule is NCc1ccc(OCC(=O)N2CCn3ccnc3C2)cc1. The second-order valence-electron chi connectivity index (χ2n) is 4.99. The van der Waals surface area contributed by atoms with Gasteiger partial charge in [-0.2, -0.15) is 0 Å². The van der Waals surface area contributed by atoms with E-state index in [1.54, 1.807) is 11.1 Å². The van der Waals surface area contributed by atoms with Crippen LogP contribution in [0.2, 0.25) is 0 Å². The number of carbonyl (C=O) groups excluding carboxylic acids is 1. The number of rotatable bonds is 4. The van der Waals surface area contributed by atoms with Gasteiger partial charge in [-0.1, -0.05) is 12.1 Å². The van der Waals surface area contributed by atoms with Crippen LogP contribution in [-0.4, -0.2) is 33.5 Å². The lowest BCUT2D eigenvalue weighted by atomic mass is 10.2. The average Bonchev–Trinajstić information content (AvgIpc) is 3.00. The molecule has 6 nitrogen and oxygen atoms in total. The molecule has 1 aromatic heterocycles. The van der Waals surface area contributed by atoms with Crippen LogP contribution in [0.3, 0.4) is 0 Å². The lowest BCUT2D eigenvalue weighted by Crippen LogP contribution is -2.40. The number of aromatic nitrogens is 2. The Morgan fingerprint density at radius 2 is 2.10 bits per heavy atom. The molecule has 0 bridgehead atoms. The van der Waals surface area contributed by atoms with Crippen molar-refractivity contribution in [3.8, 4) is 5.75 Å². The Bertz CT molecular complexity index is 621. The van der Waals surface area contributed by atoms with E-state index in [9.17, 15) is 4.79 Å². The van der Waals surface area contributed by atoms with Gasteiger partial charge in [0, 0.05) is 32.0 Å². The van der Waals surface area contributed by atoms with E-state index < -0.39 is 0 Å². The second-order valence-corrected chi connectivity index (χ2v) is 4.99. The maximum atomic E-state index is 12.2. The van der Waals surface area contributed by atoms with Gasteiger partial charge in [-0.05, 0) is 17.7 Å². The molecular weight excluding hydrogens is 268 g/mol. The first-order valence-corrected chi connectivity index (χ1v) is 6.96. The highest BCUT2D eigenvalue weighted by molar-refractivity contribution is 5.77. The molecule has 1 aromatic carbocycles. The van der Waals surface area contributed by atoms with E-state index in [2.05, 4.69) is 9.55 Å². The first-order valence-electron chi connectivity index (χ1n) is 6.96. The maximum absolute atomic E-state index is 12.2. The Labute approximate surface area is 123 Å². The topological polar surface area (TPSA) is 73.4 Å². The molecule has 2 aromatic rings. The Morgan fingerprint density at radius 1 is 1.29 bits per heavy atom. The molecular formula is C15H18N4O2. The molecule has 1 aliphatic heterocycles. The van der Waals surface area contributed by atoms with Crippen LogP contribution < -0.4 is 10.5 Å². The molecule has 0 atom stereocenters. The average molecular weight is 286 g/mol. The van der Waals surface area contributed by atoms with E-state index in [0.29, 0.717) is 25.4 Å². The summed E-state index contributed by atoms with van der Waals surface area (Å²) in [6, 6.07) is 7.46. The summed E-state index contributed by atoms with van der Waals surface area (Å²) in [4.78, 5) is 18.2. The van der Waals surface area contributed by atoms with Gasteiger partial charge in [0.15, 0.2) is 6.61 Å². The predicted molar refractivity (Wildman–Crippen MR) is 77.5 cm³/mol. The molecule has 110 valence electrons. The van der Waals surface area contributed by atoms with Crippen molar-refractivity contribution >= 4 is 5.91 Å². The molecule has 6 heteroatoms. The highest BCUT2D eigenvalue weighted by Crippen LogP contribution is 2.13. The number of hydrogen-bond acceptors (Lipinski definition) is 4. The van der Waals surface area contributed by atoms with Crippen LogP contribution >= 0.6 is 0 Å². The fraction of sp³-hybridized carbons (Fsp3) is 0.333. The summed E-state index contributed by atoms with van der Waals surface area (Å²) in [5, 5.41) is 0. The van der Waals surface area contributed by atoms with E-state index in [4.69, 9.17) is 10.5 Å². The monoisotopic (exact) mass is 286 g/mol. The third-order valence-electron chi connectivity index (χ3n) is 3.62. The summed E-state index contributed by atoms with van der Waals surface area (Å²) < 4.78 is 7.60. The number of carbonyl (C=O) groups is 1. The number of nitrogens with zero attached hydrogens (tertiary/aromatic N) is 3. The minimum absolute atomic E-state index is 0.0212. The number of benzene rings is 1. The summed E-state index contributed by atoms with van der Waals surface area (Å²) in [5.74, 6) is 1.58. The Hall–Kier alpha value is -2.34. The molecule has 0 spiro atoms. The Kier molecular flexibility index (Phi) is 3.87. The zero-order valence-corrected chi connectivity index (χ0v) is 11.7. The van der Waals surface area contributed by atoms with E-state index in [-0.39, 0.29) is 12.5 Å². The highest BCUT2D eigenvalue weighted by Gasteiger charge is 2.21. The fourth-order valence-electron chi connectivity index (χ4n) is 2.34. The van der Waals surface area contributed by atoms with Gasteiger partial charge in [0.25, 0.3) is 5.91 Å². The summed E-state index contributed by atoms with van der Waals surface area (Å²) in [7, 11) is 0. The number of nitrogens with two attached hydrogens (primary N) is 1. The zero-order valence-electron chi connectivity index (χ0n) is 11.7. The van der Waals surface area contributed by atoms with Gasteiger partial charge in [-0.15, -0.1) is 0 Å². The van der Waals surface area contributed by atoms with Gasteiger partial charge >= 0.3 is 0 Å². The number of amides is 1. The standard InChI is InChI=1S/C15H18N4O2/c16-9-12-1-3-13(4-2-12)21-11-15(20)19-8-7-18-6-5-17-14(18)10-19/h1-6H,7-11,16H2. The van der Waals surface area contributed by atoms with Crippen molar-refractivity contribution in [1.29, 1.82) is 0 Å². The lowest BCUT2D eigenvalue weighted by molar-refractivity contribution is -0.134. The Balaban J connectivity index is 1.54. The quantitative estimate of drug-likeness (QED) is 0.900. The van der Waals surface area contributed by atoms with Crippen molar-refractivity contribution in [1.82, 2.24) is 14.5 Å². The fourth-order valence-corrected chi connectivity index (χ4v) is 2.34. The first-order chi connectivity index (χ1) is 10.3. The molecule has 2 N–H and O–H groups in total. The van der Waals surface area contributed by atoms with Gasteiger partial charge in [0.05, 0.1) is 6.54 Å². The van der Waals surface area contributed by atoms with Crippen LogP contribution in [0.1, 0.15) is 11.4 Å². The minimum Gasteiger partial charge on any atom is -0.484 e. The van der Waals surface area contributed by atoms with Crippen molar-refractivity contribution in [3.05, 3.63) is 48.0 Å². The molecule has 0 saturated carbocycles. The molecule has 0 fully saturated rings. The van der Waals surface area contributed by atoms with Crippen molar-refractivity contribution in [3.63, 3.8) is 0 Å². The van der Waals surface area contributed by atoms with Crippen LogP contribution in [0.4, 0.5) is 0 Å². The number of imidazole rings is 1. The van der Waals surface area contributed by atoms with E-state index in [1.165, 1.54) is 0 Å². The van der Waals surface area contributed by atoms with Crippen molar-refractivity contribution in [2.75, 3.05) is 13.2 Å². The molecule has 0 radical (unpaired) electrons. The van der Waals surface area contributed by atoms with Crippen LogP contribution in [-0.2, 0) is 24.4 Å². The van der Waals surface area contributed by atoms with Gasteiger partial charge in [-0.3, -0.25) is 4.79 Å². The zero-order chi connectivity index (χ0) is 14.7. The third kappa shape index (κ3) is 3.05. The third-order valence-corrected chi connectivity index (χ3v) is 3.62. The number of hydrogen-bond donors (Lipinski definition) is 1. The molecule has 21 heavy (non-hydrogen) atoms. The van der Waals surface area contributed by atoms with E-state index in [1.807, 2.05) is 30.5 Å². The number of fused-ring (bicyclic) bond motifs is 1. The predicted octanol–water partition coefficient (Wildman–Crippen LogP) is 0.763. The van der Waals surface area contributed by atoms with Crippen LogP contribution in [0.15, 0.2) is 36.7 Å². The largest absolute Gasteiger partial charge is 0.484 e. The van der Waals surface area contributed by atoms with Gasteiger partial charge in [-0.25, -0.2) is 4.98 Å². The van der Waals surface area contributed by atoms with Crippen LogP contribution in [0.5, 0.6) is 5.75 Å². The number of ether oxygens (including phenoxy) is 1. The molecule has 2 heterocycles. The van der Waals surface area contributed by atoms with Crippen LogP contribution in [0.25, 0.3) is 0 Å². The summed E-state index contributed by atoms with van der Waals surface area (Å²) in [6.45, 7) is 2.56. The molecule has 0 saturated heterocycles. The normalized spacial score (nSPS) is 13.9. The smallest absolute Gasteiger partial charge is 0.260 e. The first kappa shape index (κ1) is 13.6. The van der Waals surface area contributed by atoms with Gasteiger partial charge in [0.2, 0.25) is 0 Å². The molecule has 0 aliphatic carbocycles. The van der Waals surface area contributed by atoms with Crippen molar-refractivity contribution in [2.45, 2.75) is 19.6 Å². The van der Waals surface area contributed by atoms with E-state index >= 15 is 0 Å². The summed E-state index contributed by atoms with van der Waals surface area (Å²) >= 11 is 0. The maximum Gasteiger partial charge on any atom is 0.260 e. The van der Waals surface area contributed by atoms with Crippen molar-refractivity contribution in [2.24, 2.45) is 5.73 Å². The van der Waals surface area contributed by atoms with Crippen LogP contribution in [0, 0.1) is 0 Å². The summed E-state index contributed by atoms with van der Waals surface area (Å²) in [5.41, 5.74) is 6.58. The van der Waals surface area contributed by atoms with Crippen molar-refractivity contribution < 1.29 is 9.53 Å². The molecule has 1 aliphatic rings. The lowest BCUT2D eigenvalue weighted by Gasteiger charge is -2.27. The molecule has 0 unspecified atom stereocenters. The van der Waals surface area contributed by atoms with Gasteiger partial charge < -0.3 is 19.9 Å². The Morgan fingerprint density at radius 3 is 2.86 bits per heavy atom. The summed E-state index contributed by atoms with van der Waals surface area (Å²) in [6.07, 6.45) is 3.70. The molecule has 1 amide bonds. The highest BCUT2D eigenvalue weighted by atomic mass is 16.5. The minimum atomic E-state index is -0.0212. The molecule has 3 rings (SSSR count). The van der Waals surface area contributed by atoms with Gasteiger partial charge in [0.1, 0.15) is 11.6 Å². The van der Waals surface area contributed by atoms with E-state index in [0.717, 1.165) is 17.9 Å². The second kappa shape index (κ2) is 5.97.